The van der Waals surface area contributed by atoms with E-state index in [1.54, 1.807) is 18.2 Å². The first kappa shape index (κ1) is 31.1. The first-order valence-electron chi connectivity index (χ1n) is 13.4. The molecular formula is C32H26ClF3N2O5S. The average molecular weight is 643 g/mol. The molecule has 12 heteroatoms. The molecule has 5 rings (SSSR count). The number of rotatable bonds is 8. The van der Waals surface area contributed by atoms with Crippen LogP contribution in [0.1, 0.15) is 35.2 Å². The summed E-state index contributed by atoms with van der Waals surface area (Å²) >= 11 is 6.80. The van der Waals surface area contributed by atoms with Gasteiger partial charge in [-0.05, 0) is 60.9 Å². The number of benzene rings is 3. The lowest BCUT2D eigenvalue weighted by molar-refractivity contribution is -0.140. The SMILES string of the molecule is CCOC(=O)C1=C(C(F)(F)F)N=c2s/c(=C\c3ccc(OCc4ccc(C)cc4)c(OC)c3)c(=O)n2[C@H]1c1ccc(Cl)cc1. The van der Waals surface area contributed by atoms with Gasteiger partial charge in [0.05, 0.1) is 29.9 Å². The van der Waals surface area contributed by atoms with Crippen LogP contribution in [-0.4, -0.2) is 30.4 Å². The molecule has 0 radical (unpaired) electrons. The number of hydrogen-bond donors (Lipinski definition) is 0. The van der Waals surface area contributed by atoms with Crippen LogP contribution in [0.3, 0.4) is 0 Å². The number of thiazole rings is 1. The van der Waals surface area contributed by atoms with Crippen LogP contribution in [0, 0.1) is 6.92 Å². The molecule has 0 bridgehead atoms. The standard InChI is InChI=1S/C32H26ClF3N2O5S/c1-4-42-30(40)26-27(21-10-12-22(33)13-11-21)38-29(39)25(44-31(38)37-28(26)32(34,35)36)16-20-9-14-23(24(15-20)41-3)43-17-19-7-5-18(2)6-8-19/h5-16,27H,4,17H2,1-3H3/b25-16-/t27-/m0/s1. The van der Waals surface area contributed by atoms with Crippen LogP contribution in [0.5, 0.6) is 11.5 Å². The Morgan fingerprint density at radius 3 is 2.41 bits per heavy atom. The summed E-state index contributed by atoms with van der Waals surface area (Å²) in [5.41, 5.74) is 0.0518. The van der Waals surface area contributed by atoms with Crippen molar-refractivity contribution >= 4 is 35.0 Å². The van der Waals surface area contributed by atoms with Crippen LogP contribution in [-0.2, 0) is 16.1 Å². The van der Waals surface area contributed by atoms with Gasteiger partial charge in [-0.25, -0.2) is 9.79 Å². The van der Waals surface area contributed by atoms with E-state index in [4.69, 9.17) is 25.8 Å². The molecule has 228 valence electrons. The van der Waals surface area contributed by atoms with Gasteiger partial charge in [0.25, 0.3) is 5.56 Å². The molecule has 0 saturated carbocycles. The number of hydrogen-bond acceptors (Lipinski definition) is 7. The first-order chi connectivity index (χ1) is 21.0. The maximum atomic E-state index is 14.3. The van der Waals surface area contributed by atoms with Crippen molar-refractivity contribution in [3.63, 3.8) is 0 Å². The van der Waals surface area contributed by atoms with Crippen molar-refractivity contribution < 1.29 is 32.2 Å². The zero-order chi connectivity index (χ0) is 31.6. The molecule has 1 atom stereocenters. The van der Waals surface area contributed by atoms with Gasteiger partial charge >= 0.3 is 12.1 Å². The molecule has 0 aliphatic carbocycles. The molecule has 2 heterocycles. The fourth-order valence-electron chi connectivity index (χ4n) is 4.69. The normalized spacial score (nSPS) is 15.1. The summed E-state index contributed by atoms with van der Waals surface area (Å²) in [6.45, 7) is 3.61. The summed E-state index contributed by atoms with van der Waals surface area (Å²) in [5.74, 6) is -0.339. The Morgan fingerprint density at radius 2 is 1.77 bits per heavy atom. The number of esters is 1. The van der Waals surface area contributed by atoms with Gasteiger partial charge in [-0.3, -0.25) is 9.36 Å². The Hall–Kier alpha value is -4.35. The first-order valence-corrected chi connectivity index (χ1v) is 14.6. The molecule has 0 spiro atoms. The van der Waals surface area contributed by atoms with E-state index in [0.717, 1.165) is 27.0 Å². The molecule has 4 aromatic rings. The summed E-state index contributed by atoms with van der Waals surface area (Å²) in [6.07, 6.45) is -3.47. The Morgan fingerprint density at radius 1 is 1.07 bits per heavy atom. The quantitative estimate of drug-likeness (QED) is 0.224. The van der Waals surface area contributed by atoms with Crippen molar-refractivity contribution in [2.75, 3.05) is 13.7 Å². The molecule has 3 aromatic carbocycles. The number of halogens is 4. The number of nitrogens with zero attached hydrogens (tertiary/aromatic N) is 2. The molecule has 0 saturated heterocycles. The van der Waals surface area contributed by atoms with E-state index in [1.807, 2.05) is 31.2 Å². The predicted molar refractivity (Wildman–Crippen MR) is 161 cm³/mol. The summed E-state index contributed by atoms with van der Waals surface area (Å²) in [5, 5.41) is 0.333. The molecule has 0 amide bonds. The average Bonchev–Trinajstić information content (AvgIpc) is 3.30. The van der Waals surface area contributed by atoms with Gasteiger partial charge in [-0.1, -0.05) is 71.0 Å². The molecule has 0 N–H and O–H groups in total. The van der Waals surface area contributed by atoms with Crippen molar-refractivity contribution in [2.45, 2.75) is 32.7 Å². The van der Waals surface area contributed by atoms with Gasteiger partial charge in [0.15, 0.2) is 22.0 Å². The largest absolute Gasteiger partial charge is 0.493 e. The van der Waals surface area contributed by atoms with Crippen molar-refractivity contribution in [3.05, 3.63) is 125 Å². The summed E-state index contributed by atoms with van der Waals surface area (Å²) in [4.78, 5) is 30.3. The Balaban J connectivity index is 1.60. The maximum absolute atomic E-state index is 14.3. The van der Waals surface area contributed by atoms with E-state index >= 15 is 0 Å². The van der Waals surface area contributed by atoms with Gasteiger partial charge in [0.1, 0.15) is 6.61 Å². The lowest BCUT2D eigenvalue weighted by Gasteiger charge is -2.26. The van der Waals surface area contributed by atoms with Crippen LogP contribution in [0.25, 0.3) is 6.08 Å². The van der Waals surface area contributed by atoms with Gasteiger partial charge in [0, 0.05) is 5.02 Å². The third-order valence-corrected chi connectivity index (χ3v) is 8.02. The van der Waals surface area contributed by atoms with Crippen molar-refractivity contribution in [2.24, 2.45) is 4.99 Å². The highest BCUT2D eigenvalue weighted by atomic mass is 35.5. The number of methoxy groups -OCH3 is 1. The highest BCUT2D eigenvalue weighted by molar-refractivity contribution is 7.07. The number of fused-ring (bicyclic) bond motifs is 1. The third kappa shape index (κ3) is 6.44. The Labute approximate surface area is 259 Å². The predicted octanol–water partition coefficient (Wildman–Crippen LogP) is 5.89. The fourth-order valence-corrected chi connectivity index (χ4v) is 5.82. The van der Waals surface area contributed by atoms with Gasteiger partial charge in [-0.15, -0.1) is 0 Å². The number of alkyl halides is 3. The van der Waals surface area contributed by atoms with Crippen molar-refractivity contribution in [3.8, 4) is 11.5 Å². The number of carbonyl (C=O) groups is 1. The minimum absolute atomic E-state index is 0.102. The lowest BCUT2D eigenvalue weighted by Crippen LogP contribution is -2.41. The smallest absolute Gasteiger partial charge is 0.434 e. The second kappa shape index (κ2) is 12.7. The minimum atomic E-state index is -5.00. The molecule has 1 aromatic heterocycles. The van der Waals surface area contributed by atoms with E-state index < -0.39 is 35.0 Å². The van der Waals surface area contributed by atoms with Gasteiger partial charge in [-0.2, -0.15) is 13.2 Å². The molecular weight excluding hydrogens is 617 g/mol. The summed E-state index contributed by atoms with van der Waals surface area (Å²) in [7, 11) is 1.48. The van der Waals surface area contributed by atoms with Crippen LogP contribution >= 0.6 is 22.9 Å². The van der Waals surface area contributed by atoms with Gasteiger partial charge < -0.3 is 14.2 Å². The number of allylic oxidation sites excluding steroid dienone is 1. The zero-order valence-electron chi connectivity index (χ0n) is 23.8. The van der Waals surface area contributed by atoms with E-state index in [2.05, 4.69) is 4.99 Å². The molecule has 0 unspecified atom stereocenters. The maximum Gasteiger partial charge on any atom is 0.434 e. The highest BCUT2D eigenvalue weighted by Crippen LogP contribution is 2.38. The minimum Gasteiger partial charge on any atom is -0.493 e. The van der Waals surface area contributed by atoms with Crippen LogP contribution < -0.4 is 24.4 Å². The summed E-state index contributed by atoms with van der Waals surface area (Å²) < 4.78 is 60.5. The molecule has 44 heavy (non-hydrogen) atoms. The van der Waals surface area contributed by atoms with Crippen LogP contribution in [0.2, 0.25) is 5.02 Å². The zero-order valence-corrected chi connectivity index (χ0v) is 25.3. The van der Waals surface area contributed by atoms with E-state index in [0.29, 0.717) is 28.7 Å². The number of aryl methyl sites for hydroxylation is 1. The topological polar surface area (TPSA) is 79.1 Å². The van der Waals surface area contributed by atoms with Crippen LogP contribution in [0.4, 0.5) is 13.2 Å². The van der Waals surface area contributed by atoms with Crippen LogP contribution in [0.15, 0.2) is 87.8 Å². The fraction of sp³-hybridized carbons (Fsp3) is 0.219. The van der Waals surface area contributed by atoms with E-state index in [-0.39, 0.29) is 21.5 Å². The molecule has 1 aliphatic rings. The third-order valence-electron chi connectivity index (χ3n) is 6.78. The number of ether oxygens (including phenoxy) is 3. The highest BCUT2D eigenvalue weighted by Gasteiger charge is 2.45. The second-order valence-electron chi connectivity index (χ2n) is 9.80. The molecule has 1 aliphatic heterocycles. The van der Waals surface area contributed by atoms with Gasteiger partial charge in [0.2, 0.25) is 0 Å². The van der Waals surface area contributed by atoms with E-state index in [9.17, 15) is 22.8 Å². The molecule has 0 fully saturated rings. The van der Waals surface area contributed by atoms with Crippen molar-refractivity contribution in [1.29, 1.82) is 0 Å². The summed E-state index contributed by atoms with van der Waals surface area (Å²) in [6, 6.07) is 17.4. The Bertz CT molecular complexity index is 1910. The second-order valence-corrected chi connectivity index (χ2v) is 11.2. The number of carbonyl (C=O) groups excluding carboxylic acids is 1. The lowest BCUT2D eigenvalue weighted by atomic mass is 9.95. The van der Waals surface area contributed by atoms with Crippen molar-refractivity contribution in [1.82, 2.24) is 4.57 Å². The Kier molecular flexibility index (Phi) is 8.98. The monoisotopic (exact) mass is 642 g/mol. The number of aromatic nitrogens is 1. The molecule has 7 nitrogen and oxygen atoms in total. The van der Waals surface area contributed by atoms with E-state index in [1.165, 1.54) is 44.4 Å².